The predicted molar refractivity (Wildman–Crippen MR) is 100 cm³/mol. The number of nitrogens with one attached hydrogen (secondary N) is 4. The van der Waals surface area contributed by atoms with Gasteiger partial charge in [0, 0.05) is 12.6 Å². The number of nitrogens with two attached hydrogens (primary N) is 1. The highest BCUT2D eigenvalue weighted by Gasteiger charge is 2.27. The molecule has 6 N–H and O–H groups in total. The first-order valence-corrected chi connectivity index (χ1v) is 9.75. The number of thiol groups is 1. The highest BCUT2D eigenvalue weighted by atomic mass is 33.1. The molecule has 24 heavy (non-hydrogen) atoms. The van der Waals surface area contributed by atoms with Gasteiger partial charge in [0.1, 0.15) is 6.04 Å². The molecule has 0 bridgehead atoms. The predicted octanol–water partition coefficient (Wildman–Crippen LogP) is 0.552. The van der Waals surface area contributed by atoms with Gasteiger partial charge < -0.3 is 21.7 Å². The van der Waals surface area contributed by atoms with Crippen molar-refractivity contribution < 1.29 is 14.4 Å². The van der Waals surface area contributed by atoms with Crippen molar-refractivity contribution in [2.75, 3.05) is 6.54 Å². The molecule has 0 fully saturated rings. The zero-order valence-electron chi connectivity index (χ0n) is 14.6. The molecule has 0 radical (unpaired) electrons. The van der Waals surface area contributed by atoms with Crippen LogP contribution in [-0.4, -0.2) is 42.5 Å². The maximum atomic E-state index is 12.4. The lowest BCUT2D eigenvalue weighted by Gasteiger charge is -2.25. The van der Waals surface area contributed by atoms with E-state index in [0.717, 1.165) is 11.0 Å². The van der Waals surface area contributed by atoms with E-state index in [4.69, 9.17) is 5.73 Å². The lowest BCUT2D eigenvalue weighted by Crippen LogP contribution is -2.54. The van der Waals surface area contributed by atoms with Gasteiger partial charge in [-0.1, -0.05) is 25.5 Å². The van der Waals surface area contributed by atoms with Gasteiger partial charge in [-0.05, 0) is 43.6 Å². The van der Waals surface area contributed by atoms with Crippen LogP contribution in [0.5, 0.6) is 0 Å². The summed E-state index contributed by atoms with van der Waals surface area (Å²) in [5.41, 5.74) is 5.01. The summed E-state index contributed by atoms with van der Waals surface area (Å²) in [4.78, 5) is 35.4. The van der Waals surface area contributed by atoms with Gasteiger partial charge in [-0.15, -0.1) is 0 Å². The average Bonchev–Trinajstić information content (AvgIpc) is 2.46. The Kier molecular flexibility index (Phi) is 11.7. The minimum absolute atomic E-state index is 0.0346. The maximum absolute atomic E-state index is 12.4. The second-order valence-corrected chi connectivity index (χ2v) is 7.05. The van der Waals surface area contributed by atoms with Gasteiger partial charge in [0.05, 0.1) is 6.04 Å². The third kappa shape index (κ3) is 9.89. The van der Waals surface area contributed by atoms with Crippen molar-refractivity contribution in [3.8, 4) is 0 Å². The number of primary amides is 1. The Morgan fingerprint density at radius 1 is 1.08 bits per heavy atom. The SMILES string of the molecule is CC(C)NC(=O)C(CCCNC(N)=O)NC(=O)C(NSS)C(C)C. The summed E-state index contributed by atoms with van der Waals surface area (Å²) in [6.45, 7) is 7.85. The molecule has 8 nitrogen and oxygen atoms in total. The fourth-order valence-electron chi connectivity index (χ4n) is 1.98. The van der Waals surface area contributed by atoms with Gasteiger partial charge >= 0.3 is 6.03 Å². The lowest BCUT2D eigenvalue weighted by atomic mass is 10.0. The van der Waals surface area contributed by atoms with Crippen LogP contribution in [0.15, 0.2) is 0 Å². The number of amides is 4. The fourth-order valence-corrected chi connectivity index (χ4v) is 2.82. The maximum Gasteiger partial charge on any atom is 0.312 e. The molecule has 0 aromatic carbocycles. The largest absolute Gasteiger partial charge is 0.352 e. The van der Waals surface area contributed by atoms with Crippen molar-refractivity contribution in [2.24, 2.45) is 11.7 Å². The Labute approximate surface area is 152 Å². The standard InChI is InChI=1S/C14H29N5O3S2/c1-8(2)11(19-24-23)13(21)18-10(12(20)17-9(3)4)6-5-7-16-14(15)22/h8-11,19,23H,5-7H2,1-4H3,(H,17,20)(H,18,21)(H3,15,16,22). The first-order valence-electron chi connectivity index (χ1n) is 7.89. The van der Waals surface area contributed by atoms with Crippen LogP contribution >= 0.6 is 22.6 Å². The number of carbonyl (C=O) groups is 3. The van der Waals surface area contributed by atoms with Gasteiger partial charge in [-0.25, -0.2) is 9.52 Å². The second kappa shape index (κ2) is 12.3. The summed E-state index contributed by atoms with van der Waals surface area (Å²) in [5.74, 6) is -0.480. The van der Waals surface area contributed by atoms with Crippen LogP contribution in [0.25, 0.3) is 0 Å². The Hall–Kier alpha value is -1.13. The topological polar surface area (TPSA) is 125 Å². The summed E-state index contributed by atoms with van der Waals surface area (Å²) < 4.78 is 2.91. The summed E-state index contributed by atoms with van der Waals surface area (Å²) in [5, 5.41) is 8.03. The molecule has 0 saturated heterocycles. The highest BCUT2D eigenvalue weighted by molar-refractivity contribution is 8.67. The molecule has 0 aromatic heterocycles. The minimum Gasteiger partial charge on any atom is -0.352 e. The Morgan fingerprint density at radius 2 is 1.71 bits per heavy atom. The van der Waals surface area contributed by atoms with E-state index >= 15 is 0 Å². The van der Waals surface area contributed by atoms with E-state index in [1.54, 1.807) is 0 Å². The molecule has 140 valence electrons. The molecule has 0 aliphatic carbocycles. The molecule has 0 rings (SSSR count). The molecule has 0 aliphatic heterocycles. The number of hydrogen-bond acceptors (Lipinski definition) is 6. The molecule has 0 heterocycles. The molecular weight excluding hydrogens is 350 g/mol. The molecule has 0 aromatic rings. The average molecular weight is 380 g/mol. The third-order valence-electron chi connectivity index (χ3n) is 3.16. The number of hydrogen-bond donors (Lipinski definition) is 6. The number of urea groups is 1. The van der Waals surface area contributed by atoms with Crippen LogP contribution < -0.4 is 26.4 Å². The minimum atomic E-state index is -0.678. The van der Waals surface area contributed by atoms with Gasteiger partial charge in [0.25, 0.3) is 0 Å². The van der Waals surface area contributed by atoms with E-state index in [-0.39, 0.29) is 23.8 Å². The quantitative estimate of drug-likeness (QED) is 0.135. The number of rotatable bonds is 11. The zero-order chi connectivity index (χ0) is 18.7. The van der Waals surface area contributed by atoms with E-state index in [2.05, 4.69) is 32.3 Å². The van der Waals surface area contributed by atoms with Gasteiger partial charge in [-0.2, -0.15) is 0 Å². The molecule has 2 atom stereocenters. The Morgan fingerprint density at radius 3 is 2.17 bits per heavy atom. The van der Waals surface area contributed by atoms with E-state index in [1.165, 1.54) is 0 Å². The van der Waals surface area contributed by atoms with Crippen LogP contribution in [0.4, 0.5) is 4.79 Å². The van der Waals surface area contributed by atoms with Crippen molar-refractivity contribution in [1.82, 2.24) is 20.7 Å². The molecular formula is C14H29N5O3S2. The first kappa shape index (κ1) is 22.9. The first-order chi connectivity index (χ1) is 11.2. The molecule has 4 amide bonds. The fraction of sp³-hybridized carbons (Fsp3) is 0.786. The Balaban J connectivity index is 4.80. The summed E-state index contributed by atoms with van der Waals surface area (Å²) in [6, 6.07) is -1.79. The second-order valence-electron chi connectivity index (χ2n) is 6.09. The van der Waals surface area contributed by atoms with Crippen LogP contribution in [0.3, 0.4) is 0 Å². The summed E-state index contributed by atoms with van der Waals surface area (Å²) in [7, 11) is 1.06. The van der Waals surface area contributed by atoms with Crippen LogP contribution in [-0.2, 0) is 9.59 Å². The van der Waals surface area contributed by atoms with Crippen LogP contribution in [0, 0.1) is 5.92 Å². The number of carbonyl (C=O) groups excluding carboxylic acids is 3. The Bertz CT molecular complexity index is 421. The van der Waals surface area contributed by atoms with E-state index in [0.29, 0.717) is 19.4 Å². The zero-order valence-corrected chi connectivity index (χ0v) is 16.3. The van der Waals surface area contributed by atoms with Crippen molar-refractivity contribution >= 4 is 40.5 Å². The normalized spacial score (nSPS) is 13.5. The van der Waals surface area contributed by atoms with E-state index < -0.39 is 18.1 Å². The van der Waals surface area contributed by atoms with Crippen molar-refractivity contribution in [3.63, 3.8) is 0 Å². The third-order valence-corrected chi connectivity index (χ3v) is 3.84. The molecule has 2 unspecified atom stereocenters. The molecule has 0 spiro atoms. The summed E-state index contributed by atoms with van der Waals surface area (Å²) in [6.07, 6.45) is 0.907. The van der Waals surface area contributed by atoms with Crippen molar-refractivity contribution in [3.05, 3.63) is 0 Å². The summed E-state index contributed by atoms with van der Waals surface area (Å²) >= 11 is 4.01. The van der Waals surface area contributed by atoms with E-state index in [9.17, 15) is 14.4 Å². The molecule has 0 saturated carbocycles. The van der Waals surface area contributed by atoms with Gasteiger partial charge in [0.15, 0.2) is 0 Å². The highest BCUT2D eigenvalue weighted by Crippen LogP contribution is 2.10. The van der Waals surface area contributed by atoms with Crippen LogP contribution in [0.2, 0.25) is 0 Å². The van der Waals surface area contributed by atoms with Gasteiger partial charge in [0.2, 0.25) is 11.8 Å². The lowest BCUT2D eigenvalue weighted by molar-refractivity contribution is -0.130. The van der Waals surface area contributed by atoms with E-state index in [1.807, 2.05) is 27.7 Å². The van der Waals surface area contributed by atoms with Gasteiger partial charge in [-0.3, -0.25) is 9.59 Å². The smallest absolute Gasteiger partial charge is 0.312 e. The molecule has 0 aliphatic rings. The van der Waals surface area contributed by atoms with Crippen molar-refractivity contribution in [1.29, 1.82) is 0 Å². The van der Waals surface area contributed by atoms with Crippen molar-refractivity contribution in [2.45, 2.75) is 58.7 Å². The molecule has 10 heteroatoms. The van der Waals surface area contributed by atoms with Crippen LogP contribution in [0.1, 0.15) is 40.5 Å². The monoisotopic (exact) mass is 379 g/mol.